The zero-order valence-electron chi connectivity index (χ0n) is 42.1. The lowest BCUT2D eigenvalue weighted by molar-refractivity contribution is 1.11. The van der Waals surface area contributed by atoms with Crippen LogP contribution < -0.4 is 0 Å². The molecule has 14 aromatic rings. The highest BCUT2D eigenvalue weighted by atomic mass is 15.2. The third kappa shape index (κ3) is 7.42. The van der Waals surface area contributed by atoms with Crippen molar-refractivity contribution in [1.82, 2.24) is 27.9 Å². The Bertz CT molecular complexity index is 4740. The maximum Gasteiger partial charge on any atom is 0.220 e. The third-order valence-corrected chi connectivity index (χ3v) is 14.9. The smallest absolute Gasteiger partial charge is 0.220 e. The first-order valence-corrected chi connectivity index (χ1v) is 25.8. The predicted octanol–water partition coefficient (Wildman–Crippen LogP) is 17.7. The van der Waals surface area contributed by atoms with E-state index < -0.39 is 0 Å². The van der Waals surface area contributed by atoms with Gasteiger partial charge in [0.15, 0.2) is 0 Å². The van der Waals surface area contributed by atoms with Crippen LogP contribution in [0.3, 0.4) is 0 Å². The van der Waals surface area contributed by atoms with E-state index in [1.54, 1.807) is 6.08 Å². The van der Waals surface area contributed by atoms with Gasteiger partial charge in [0.05, 0.1) is 49.7 Å². The summed E-state index contributed by atoms with van der Waals surface area (Å²) < 4.78 is 9.03. The molecule has 0 amide bonds. The van der Waals surface area contributed by atoms with E-state index in [0.29, 0.717) is 5.56 Å². The first kappa shape index (κ1) is 45.1. The molecule has 362 valence electrons. The molecule has 4 aromatic heterocycles. The Labute approximate surface area is 444 Å². The lowest BCUT2D eigenvalue weighted by atomic mass is 9.81. The Balaban J connectivity index is 1.06. The number of imidazole rings is 4. The van der Waals surface area contributed by atoms with Gasteiger partial charge in [0.2, 0.25) is 11.6 Å². The molecule has 77 heavy (non-hydrogen) atoms. The van der Waals surface area contributed by atoms with Crippen LogP contribution >= 0.6 is 0 Å². The molecule has 0 spiro atoms. The van der Waals surface area contributed by atoms with Gasteiger partial charge in [0.1, 0.15) is 6.07 Å². The quantitative estimate of drug-likeness (QED) is 0.128. The Kier molecular flexibility index (Phi) is 10.8. The fourth-order valence-electron chi connectivity index (χ4n) is 11.4. The van der Waals surface area contributed by atoms with E-state index in [2.05, 4.69) is 250 Å². The maximum atomic E-state index is 12.0. The number of aromatic nitrogens is 6. The lowest BCUT2D eigenvalue weighted by Gasteiger charge is -2.21. The Morgan fingerprint density at radius 3 is 1.39 bits per heavy atom. The summed E-state index contributed by atoms with van der Waals surface area (Å²) in [5, 5.41) is 12.0. The standard InChI is InChI=1S/C70H47N7/c1-3-4-10-21-46(2)74-61-38-34-51(47-22-11-5-12-23-47)40-65(61)76-63-42-53(32-36-59(63)72-69(74)76)67-56(49-26-15-7-16-27-49)44-57(50-28-17-8-18-29-50)68(58(67)45-71)54-33-37-60-64(43-54)77-66-41-52(48-24-13-6-14-25-48)35-39-62(66)75(70(77)73-60)55-30-19-9-20-31-55/h3-44H,1H2,2H3/b10-4-,46-21+. The van der Waals surface area contributed by atoms with Crippen LogP contribution in [0.4, 0.5) is 0 Å². The van der Waals surface area contributed by atoms with Crippen LogP contribution in [0.5, 0.6) is 0 Å². The fourth-order valence-corrected chi connectivity index (χ4v) is 11.4. The molecule has 0 bridgehead atoms. The Hall–Kier alpha value is -10.6. The number of hydrogen-bond donors (Lipinski definition) is 0. The van der Waals surface area contributed by atoms with Crippen molar-refractivity contribution in [2.24, 2.45) is 0 Å². The molecule has 0 atom stereocenters. The molecule has 0 aliphatic carbocycles. The highest BCUT2D eigenvalue weighted by Crippen LogP contribution is 2.47. The van der Waals surface area contributed by atoms with E-state index in [0.717, 1.165) is 134 Å². The summed E-state index contributed by atoms with van der Waals surface area (Å²) in [6.45, 7) is 6.00. The minimum absolute atomic E-state index is 0.574. The summed E-state index contributed by atoms with van der Waals surface area (Å²) in [4.78, 5) is 10.7. The zero-order chi connectivity index (χ0) is 51.6. The molecule has 0 unspecified atom stereocenters. The predicted molar refractivity (Wildman–Crippen MR) is 318 cm³/mol. The number of rotatable bonds is 10. The molecule has 0 aliphatic rings. The van der Waals surface area contributed by atoms with Crippen LogP contribution in [0.25, 0.3) is 134 Å². The highest BCUT2D eigenvalue weighted by Gasteiger charge is 2.26. The summed E-state index contributed by atoms with van der Waals surface area (Å²) >= 11 is 0. The number of nitrogens with zero attached hydrogens (tertiary/aromatic N) is 7. The zero-order valence-corrected chi connectivity index (χ0v) is 42.1. The van der Waals surface area contributed by atoms with Crippen LogP contribution in [0.2, 0.25) is 0 Å². The first-order valence-electron chi connectivity index (χ1n) is 25.8. The van der Waals surface area contributed by atoms with Crippen LogP contribution in [0.1, 0.15) is 12.5 Å². The van der Waals surface area contributed by atoms with E-state index in [1.165, 1.54) is 0 Å². The molecule has 0 radical (unpaired) electrons. The third-order valence-electron chi connectivity index (χ3n) is 14.9. The monoisotopic (exact) mass is 985 g/mol. The Morgan fingerprint density at radius 2 is 0.870 bits per heavy atom. The summed E-state index contributed by atoms with van der Waals surface area (Å²) in [5.41, 5.74) is 22.3. The van der Waals surface area contributed by atoms with Crippen LogP contribution in [0, 0.1) is 11.3 Å². The lowest BCUT2D eigenvalue weighted by Crippen LogP contribution is -1.98. The highest BCUT2D eigenvalue weighted by molar-refractivity contribution is 6.04. The van der Waals surface area contributed by atoms with Crippen molar-refractivity contribution in [2.45, 2.75) is 6.92 Å². The van der Waals surface area contributed by atoms with Crippen molar-refractivity contribution >= 4 is 61.4 Å². The molecule has 7 nitrogen and oxygen atoms in total. The van der Waals surface area contributed by atoms with Gasteiger partial charge in [-0.3, -0.25) is 17.9 Å². The molecule has 0 N–H and O–H groups in total. The van der Waals surface area contributed by atoms with Gasteiger partial charge in [-0.05, 0) is 135 Å². The number of nitriles is 1. The molecular formula is C70H47N7. The van der Waals surface area contributed by atoms with Crippen molar-refractivity contribution in [3.8, 4) is 78.5 Å². The van der Waals surface area contributed by atoms with Crippen molar-refractivity contribution in [2.75, 3.05) is 0 Å². The van der Waals surface area contributed by atoms with Crippen molar-refractivity contribution in [3.05, 3.63) is 267 Å². The molecule has 14 rings (SSSR count). The summed E-state index contributed by atoms with van der Waals surface area (Å²) in [5.74, 6) is 1.61. The van der Waals surface area contributed by atoms with Gasteiger partial charge in [-0.15, -0.1) is 0 Å². The van der Waals surface area contributed by atoms with Gasteiger partial charge in [-0.1, -0.05) is 189 Å². The Morgan fingerprint density at radius 1 is 0.429 bits per heavy atom. The summed E-state index contributed by atoms with van der Waals surface area (Å²) in [6.07, 6.45) is 7.81. The fraction of sp³-hybridized carbons (Fsp3) is 0.0143. The van der Waals surface area contributed by atoms with E-state index in [4.69, 9.17) is 9.97 Å². The minimum Gasteiger partial charge on any atom is -0.282 e. The average molecular weight is 986 g/mol. The molecule has 0 fully saturated rings. The van der Waals surface area contributed by atoms with Crippen molar-refractivity contribution < 1.29 is 0 Å². The van der Waals surface area contributed by atoms with Gasteiger partial charge in [0.25, 0.3) is 0 Å². The second kappa shape index (κ2) is 18.4. The van der Waals surface area contributed by atoms with Crippen LogP contribution in [0.15, 0.2) is 261 Å². The largest absolute Gasteiger partial charge is 0.282 e. The van der Waals surface area contributed by atoms with Gasteiger partial charge >= 0.3 is 0 Å². The number of benzene rings is 10. The molecule has 0 saturated carbocycles. The summed E-state index contributed by atoms with van der Waals surface area (Å²) in [7, 11) is 0. The molecular weight excluding hydrogens is 939 g/mol. The summed E-state index contributed by atoms with van der Waals surface area (Å²) in [6, 6.07) is 83.7. The van der Waals surface area contributed by atoms with Gasteiger partial charge in [-0.2, -0.15) is 5.26 Å². The normalized spacial score (nSPS) is 12.0. The van der Waals surface area contributed by atoms with Crippen LogP contribution in [-0.2, 0) is 0 Å². The average Bonchev–Trinajstić information content (AvgIpc) is 4.32. The van der Waals surface area contributed by atoms with E-state index in [9.17, 15) is 5.26 Å². The number of hydrogen-bond acceptors (Lipinski definition) is 3. The molecule has 4 heterocycles. The van der Waals surface area contributed by atoms with Gasteiger partial charge < -0.3 is 0 Å². The number of fused-ring (bicyclic) bond motifs is 10. The molecule has 0 aliphatic heterocycles. The SMILES string of the molecule is C=C/C=C\C=C(/C)n1c2ccc(-c3ccccc3)cc2n2c3cc(-c4c(-c5ccccc5)cc(-c5ccccc5)c(-c5ccc6nc7n(-c8ccccc8)c8ccc(-c9ccccc9)cc8n7c6c5)c4C#N)ccc3nc12. The minimum atomic E-state index is 0.574. The van der Waals surface area contributed by atoms with Crippen molar-refractivity contribution in [1.29, 1.82) is 5.26 Å². The van der Waals surface area contributed by atoms with E-state index in [1.807, 2.05) is 36.4 Å². The van der Waals surface area contributed by atoms with Crippen molar-refractivity contribution in [3.63, 3.8) is 0 Å². The maximum absolute atomic E-state index is 12.0. The molecule has 10 aromatic carbocycles. The van der Waals surface area contributed by atoms with Crippen LogP contribution in [-0.4, -0.2) is 27.9 Å². The van der Waals surface area contributed by atoms with E-state index >= 15 is 0 Å². The molecule has 7 heteroatoms. The second-order valence-corrected chi connectivity index (χ2v) is 19.4. The first-order chi connectivity index (χ1) is 38.0. The van der Waals surface area contributed by atoms with E-state index in [-0.39, 0.29) is 0 Å². The molecule has 0 saturated heterocycles. The topological polar surface area (TPSA) is 68.2 Å². The second-order valence-electron chi connectivity index (χ2n) is 19.4. The van der Waals surface area contributed by atoms with Gasteiger partial charge in [0, 0.05) is 22.5 Å². The number of allylic oxidation sites excluding steroid dienone is 5. The number of para-hydroxylation sites is 1. The van der Waals surface area contributed by atoms with Gasteiger partial charge in [-0.25, -0.2) is 9.97 Å².